The van der Waals surface area contributed by atoms with E-state index in [0.29, 0.717) is 24.0 Å². The van der Waals surface area contributed by atoms with Crippen LogP contribution in [-0.2, 0) is 21.1 Å². The molecule has 0 spiro atoms. The third-order valence-corrected chi connectivity index (χ3v) is 6.72. The van der Waals surface area contributed by atoms with E-state index >= 15 is 0 Å². The molecule has 2 aromatic carbocycles. The first-order chi connectivity index (χ1) is 14.6. The van der Waals surface area contributed by atoms with E-state index in [1.807, 2.05) is 0 Å². The Morgan fingerprint density at radius 2 is 1.90 bits per heavy atom. The summed E-state index contributed by atoms with van der Waals surface area (Å²) >= 11 is 0. The number of sulfone groups is 1. The van der Waals surface area contributed by atoms with Crippen LogP contribution in [0.25, 0.3) is 0 Å². The molecule has 6 nitrogen and oxygen atoms in total. The molecule has 2 aromatic rings. The number of hydrogen-bond acceptors (Lipinski definition) is 5. The molecule has 1 aliphatic rings. The minimum absolute atomic E-state index is 0.0342. The number of benzene rings is 2. The predicted octanol–water partition coefficient (Wildman–Crippen LogP) is 3.60. The van der Waals surface area contributed by atoms with E-state index in [1.54, 1.807) is 24.3 Å². The molecule has 10 heteroatoms. The Balaban J connectivity index is 1.61. The number of ether oxygens (including phenoxy) is 2. The largest absolute Gasteiger partial charge is 0.493 e. The molecule has 0 fully saturated rings. The maximum absolute atomic E-state index is 12.4. The summed E-state index contributed by atoms with van der Waals surface area (Å²) in [6, 6.07) is 10.7. The fraction of sp³-hybridized carbons (Fsp3) is 0.381. The lowest BCUT2D eigenvalue weighted by atomic mass is 10.0. The molecule has 1 amide bonds. The second kappa shape index (κ2) is 9.17. The Labute approximate surface area is 178 Å². The molecule has 1 N–H and O–H groups in total. The molecular weight excluding hydrogens is 435 g/mol. The van der Waals surface area contributed by atoms with E-state index in [4.69, 9.17) is 9.47 Å². The van der Waals surface area contributed by atoms with Gasteiger partial charge in [-0.1, -0.05) is 24.3 Å². The molecule has 1 unspecified atom stereocenters. The van der Waals surface area contributed by atoms with E-state index < -0.39 is 22.6 Å². The van der Waals surface area contributed by atoms with Crippen molar-refractivity contribution in [3.05, 3.63) is 53.6 Å². The number of alkyl halides is 3. The van der Waals surface area contributed by atoms with Gasteiger partial charge in [0.25, 0.3) is 0 Å². The number of aryl methyl sites for hydroxylation is 1. The third kappa shape index (κ3) is 5.90. The van der Waals surface area contributed by atoms with Gasteiger partial charge in [-0.25, -0.2) is 8.42 Å². The van der Waals surface area contributed by atoms with Gasteiger partial charge in [0.2, 0.25) is 5.91 Å². The van der Waals surface area contributed by atoms with Crippen molar-refractivity contribution in [1.29, 1.82) is 0 Å². The number of halogens is 3. The summed E-state index contributed by atoms with van der Waals surface area (Å²) < 4.78 is 71.3. The summed E-state index contributed by atoms with van der Waals surface area (Å²) in [5.74, 6) is -0.178. The predicted molar refractivity (Wildman–Crippen MR) is 107 cm³/mol. The smallest absolute Gasteiger partial charge is 0.422 e. The van der Waals surface area contributed by atoms with Crippen LogP contribution in [0.3, 0.4) is 0 Å². The topological polar surface area (TPSA) is 81.7 Å². The summed E-state index contributed by atoms with van der Waals surface area (Å²) in [5, 5.41) is 2.88. The van der Waals surface area contributed by atoms with Crippen LogP contribution >= 0.6 is 0 Å². The number of carbonyl (C=O) groups is 1. The van der Waals surface area contributed by atoms with Gasteiger partial charge in [-0.3, -0.25) is 4.79 Å². The van der Waals surface area contributed by atoms with Crippen molar-refractivity contribution in [2.75, 3.05) is 19.5 Å². The average Bonchev–Trinajstić information content (AvgIpc) is 2.72. The third-order valence-electron chi connectivity index (χ3n) is 4.90. The average molecular weight is 457 g/mol. The van der Waals surface area contributed by atoms with Gasteiger partial charge in [0.15, 0.2) is 27.9 Å². The van der Waals surface area contributed by atoms with Crippen molar-refractivity contribution in [1.82, 2.24) is 5.32 Å². The highest BCUT2D eigenvalue weighted by Gasteiger charge is 2.31. The molecule has 0 radical (unpaired) electrons. The van der Waals surface area contributed by atoms with Gasteiger partial charge in [0, 0.05) is 6.42 Å². The van der Waals surface area contributed by atoms with Crippen LogP contribution < -0.4 is 14.8 Å². The van der Waals surface area contributed by atoms with Crippen LogP contribution in [0.2, 0.25) is 0 Å². The summed E-state index contributed by atoms with van der Waals surface area (Å²) in [6.45, 7) is -1.43. The summed E-state index contributed by atoms with van der Waals surface area (Å²) in [5.41, 5.74) is 1.27. The van der Waals surface area contributed by atoms with Crippen LogP contribution in [0.15, 0.2) is 47.4 Å². The fourth-order valence-electron chi connectivity index (χ4n) is 3.41. The quantitative estimate of drug-likeness (QED) is 0.687. The maximum atomic E-state index is 12.4. The molecule has 168 valence electrons. The van der Waals surface area contributed by atoms with E-state index in [-0.39, 0.29) is 40.5 Å². The molecule has 0 saturated heterocycles. The van der Waals surface area contributed by atoms with Gasteiger partial charge in [0.1, 0.15) is 0 Å². The highest BCUT2D eigenvalue weighted by molar-refractivity contribution is 7.91. The molecule has 1 atom stereocenters. The number of amides is 1. The monoisotopic (exact) mass is 457 g/mol. The first-order valence-electron chi connectivity index (χ1n) is 9.56. The van der Waals surface area contributed by atoms with Gasteiger partial charge in [-0.2, -0.15) is 13.2 Å². The van der Waals surface area contributed by atoms with Gasteiger partial charge in [-0.15, -0.1) is 0 Å². The van der Waals surface area contributed by atoms with Gasteiger partial charge in [-0.05, 0) is 42.2 Å². The Morgan fingerprint density at radius 1 is 1.16 bits per heavy atom. The van der Waals surface area contributed by atoms with Crippen molar-refractivity contribution in [2.24, 2.45) is 0 Å². The van der Waals surface area contributed by atoms with E-state index in [2.05, 4.69) is 5.32 Å². The van der Waals surface area contributed by atoms with Gasteiger partial charge >= 0.3 is 6.18 Å². The summed E-state index contributed by atoms with van der Waals surface area (Å²) in [6.07, 6.45) is -3.71. The number of rotatable bonds is 7. The van der Waals surface area contributed by atoms with Crippen molar-refractivity contribution in [3.8, 4) is 11.5 Å². The van der Waals surface area contributed by atoms with E-state index in [1.165, 1.54) is 25.3 Å². The Kier molecular flexibility index (Phi) is 6.78. The molecule has 3 rings (SSSR count). The van der Waals surface area contributed by atoms with Crippen LogP contribution in [0.1, 0.15) is 30.0 Å². The zero-order chi connectivity index (χ0) is 22.6. The number of methoxy groups -OCH3 is 1. The first-order valence-corrected chi connectivity index (χ1v) is 11.2. The van der Waals surface area contributed by atoms with E-state index in [0.717, 1.165) is 0 Å². The molecule has 0 aromatic heterocycles. The standard InChI is InChI=1S/C21H22F3NO5S/c1-29-18-12-14(6-8-17(18)30-13-21(22,23)24)7-9-20(26)25-16-10-11-31(27,28)19-5-3-2-4-15(16)19/h2-6,8,12,16H,7,9-11,13H2,1H3,(H,25,26). The normalized spacial score (nSPS) is 17.5. The minimum Gasteiger partial charge on any atom is -0.493 e. The fourth-order valence-corrected chi connectivity index (χ4v) is 5.03. The Bertz CT molecular complexity index is 1050. The molecule has 31 heavy (non-hydrogen) atoms. The van der Waals surface area contributed by atoms with Crippen molar-refractivity contribution >= 4 is 15.7 Å². The Morgan fingerprint density at radius 3 is 2.61 bits per heavy atom. The zero-order valence-electron chi connectivity index (χ0n) is 16.7. The lowest BCUT2D eigenvalue weighted by Crippen LogP contribution is -2.34. The van der Waals surface area contributed by atoms with Gasteiger partial charge < -0.3 is 14.8 Å². The van der Waals surface area contributed by atoms with Crippen molar-refractivity contribution in [3.63, 3.8) is 0 Å². The molecule has 0 bridgehead atoms. The summed E-state index contributed by atoms with van der Waals surface area (Å²) in [4.78, 5) is 12.7. The van der Waals surface area contributed by atoms with Gasteiger partial charge in [0.05, 0.1) is 23.8 Å². The van der Waals surface area contributed by atoms with Crippen molar-refractivity contribution < 1.29 is 35.9 Å². The highest BCUT2D eigenvalue weighted by atomic mass is 32.2. The van der Waals surface area contributed by atoms with Crippen LogP contribution in [0, 0.1) is 0 Å². The molecule has 1 heterocycles. The molecule has 1 aliphatic heterocycles. The zero-order valence-corrected chi connectivity index (χ0v) is 17.6. The molecule has 0 aliphatic carbocycles. The Hall–Kier alpha value is -2.75. The van der Waals surface area contributed by atoms with Crippen LogP contribution in [-0.4, -0.2) is 40.0 Å². The SMILES string of the molecule is COc1cc(CCC(=O)NC2CCS(=O)(=O)c3ccccc32)ccc1OCC(F)(F)F. The summed E-state index contributed by atoms with van der Waals surface area (Å²) in [7, 11) is -2.02. The first kappa shape index (κ1) is 22.9. The maximum Gasteiger partial charge on any atom is 0.422 e. The lowest BCUT2D eigenvalue weighted by Gasteiger charge is -2.26. The van der Waals surface area contributed by atoms with Crippen LogP contribution in [0.4, 0.5) is 13.2 Å². The number of hydrogen-bond donors (Lipinski definition) is 1. The van der Waals surface area contributed by atoms with Crippen molar-refractivity contribution in [2.45, 2.75) is 36.4 Å². The second-order valence-electron chi connectivity index (χ2n) is 7.15. The minimum atomic E-state index is -4.46. The lowest BCUT2D eigenvalue weighted by molar-refractivity contribution is -0.153. The molecule has 0 saturated carbocycles. The second-order valence-corrected chi connectivity index (χ2v) is 9.23. The number of carbonyl (C=O) groups excluding carboxylic acids is 1. The number of fused-ring (bicyclic) bond motifs is 1. The molecular formula is C21H22F3NO5S. The number of nitrogens with one attached hydrogen (secondary N) is 1. The van der Waals surface area contributed by atoms with E-state index in [9.17, 15) is 26.4 Å². The highest BCUT2D eigenvalue weighted by Crippen LogP contribution is 2.32. The van der Waals surface area contributed by atoms with Crippen LogP contribution in [0.5, 0.6) is 11.5 Å².